The fourth-order valence-electron chi connectivity index (χ4n) is 2.15. The maximum absolute atomic E-state index is 12.0. The molecule has 1 N–H and O–H groups in total. The number of carbonyl (C=O) groups is 2. The van der Waals surface area contributed by atoms with Crippen molar-refractivity contribution in [1.82, 2.24) is 15.1 Å². The van der Waals surface area contributed by atoms with Crippen LogP contribution in [0.2, 0.25) is 0 Å². The van der Waals surface area contributed by atoms with Crippen LogP contribution in [0.1, 0.15) is 6.42 Å². The molecule has 2 saturated heterocycles. The van der Waals surface area contributed by atoms with Crippen LogP contribution >= 0.6 is 0 Å². The summed E-state index contributed by atoms with van der Waals surface area (Å²) in [5.41, 5.74) is 0. The number of ether oxygens (including phenoxy) is 1. The van der Waals surface area contributed by atoms with Crippen molar-refractivity contribution in [3.8, 4) is 0 Å². The van der Waals surface area contributed by atoms with Crippen molar-refractivity contribution < 1.29 is 14.3 Å². The number of morpholine rings is 1. The van der Waals surface area contributed by atoms with E-state index in [4.69, 9.17) is 4.74 Å². The first-order chi connectivity index (χ1) is 8.18. The average Bonchev–Trinajstić information content (AvgIpc) is 2.36. The van der Waals surface area contributed by atoms with E-state index in [-0.39, 0.29) is 24.3 Å². The van der Waals surface area contributed by atoms with Gasteiger partial charge in [0.15, 0.2) is 0 Å². The Kier molecular flexibility index (Phi) is 3.96. The normalized spacial score (nSPS) is 26.2. The highest BCUT2D eigenvalue weighted by Gasteiger charge is 2.29. The molecule has 2 rings (SSSR count). The number of nitrogens with one attached hydrogen (secondary N) is 1. The number of carbonyl (C=O) groups excluding carboxylic acids is 2. The number of likely N-dealkylation sites (N-methyl/N-ethyl adjacent to an activating group) is 1. The molecule has 2 aliphatic rings. The van der Waals surface area contributed by atoms with Crippen molar-refractivity contribution in [2.45, 2.75) is 12.5 Å². The van der Waals surface area contributed by atoms with E-state index in [0.29, 0.717) is 32.8 Å². The molecule has 0 radical (unpaired) electrons. The van der Waals surface area contributed by atoms with Gasteiger partial charge in [0.2, 0.25) is 11.8 Å². The maximum atomic E-state index is 12.0. The van der Waals surface area contributed by atoms with E-state index in [1.165, 1.54) is 0 Å². The van der Waals surface area contributed by atoms with Crippen molar-refractivity contribution in [2.75, 3.05) is 46.4 Å². The van der Waals surface area contributed by atoms with Gasteiger partial charge in [-0.25, -0.2) is 0 Å². The average molecular weight is 241 g/mol. The summed E-state index contributed by atoms with van der Waals surface area (Å²) >= 11 is 0. The lowest BCUT2D eigenvalue weighted by Gasteiger charge is -2.32. The second-order valence-corrected chi connectivity index (χ2v) is 4.46. The van der Waals surface area contributed by atoms with Gasteiger partial charge in [-0.05, 0) is 0 Å². The highest BCUT2D eigenvalue weighted by molar-refractivity contribution is 5.88. The second kappa shape index (κ2) is 5.46. The Morgan fingerprint density at radius 3 is 2.82 bits per heavy atom. The molecule has 2 heterocycles. The molecule has 0 saturated carbocycles. The van der Waals surface area contributed by atoms with Gasteiger partial charge >= 0.3 is 0 Å². The van der Waals surface area contributed by atoms with Gasteiger partial charge in [0.05, 0.1) is 25.7 Å². The summed E-state index contributed by atoms with van der Waals surface area (Å²) in [4.78, 5) is 27.2. The van der Waals surface area contributed by atoms with E-state index in [1.807, 2.05) is 0 Å². The van der Waals surface area contributed by atoms with Crippen LogP contribution in [0.5, 0.6) is 0 Å². The Balaban J connectivity index is 1.86. The topological polar surface area (TPSA) is 61.9 Å². The van der Waals surface area contributed by atoms with Crippen molar-refractivity contribution in [3.63, 3.8) is 0 Å². The zero-order valence-corrected chi connectivity index (χ0v) is 10.1. The monoisotopic (exact) mass is 241 g/mol. The number of amides is 2. The van der Waals surface area contributed by atoms with Gasteiger partial charge < -0.3 is 19.9 Å². The lowest BCUT2D eigenvalue weighted by molar-refractivity contribution is -0.142. The van der Waals surface area contributed by atoms with Crippen LogP contribution in [0, 0.1) is 0 Å². The van der Waals surface area contributed by atoms with Crippen molar-refractivity contribution in [1.29, 1.82) is 0 Å². The standard InChI is InChI=1S/C11H19N3O3/c1-13-3-2-12-9(11(13)16)8-10(15)14-4-6-17-7-5-14/h9,12H,2-8H2,1H3. The first kappa shape index (κ1) is 12.3. The van der Waals surface area contributed by atoms with Gasteiger partial charge in [-0.15, -0.1) is 0 Å². The lowest BCUT2D eigenvalue weighted by atomic mass is 10.1. The van der Waals surface area contributed by atoms with Gasteiger partial charge in [0.1, 0.15) is 0 Å². The van der Waals surface area contributed by atoms with Gasteiger partial charge in [0.25, 0.3) is 0 Å². The zero-order valence-electron chi connectivity index (χ0n) is 10.1. The predicted molar refractivity (Wildman–Crippen MR) is 61.4 cm³/mol. The Morgan fingerprint density at radius 2 is 2.12 bits per heavy atom. The molecule has 2 fully saturated rings. The van der Waals surface area contributed by atoms with Crippen LogP contribution < -0.4 is 5.32 Å². The van der Waals surface area contributed by atoms with Crippen LogP contribution in [0.4, 0.5) is 0 Å². The van der Waals surface area contributed by atoms with E-state index in [0.717, 1.165) is 6.54 Å². The minimum atomic E-state index is -0.357. The highest BCUT2D eigenvalue weighted by Crippen LogP contribution is 2.07. The quantitative estimate of drug-likeness (QED) is 0.650. The summed E-state index contributed by atoms with van der Waals surface area (Å²) in [5.74, 6) is 0.0484. The predicted octanol–water partition coefficient (Wildman–Crippen LogP) is -1.33. The van der Waals surface area contributed by atoms with E-state index >= 15 is 0 Å². The fraction of sp³-hybridized carbons (Fsp3) is 0.818. The largest absolute Gasteiger partial charge is 0.378 e. The third-order valence-corrected chi connectivity index (χ3v) is 3.25. The number of nitrogens with zero attached hydrogens (tertiary/aromatic N) is 2. The first-order valence-electron chi connectivity index (χ1n) is 6.02. The van der Waals surface area contributed by atoms with Gasteiger partial charge in [-0.3, -0.25) is 9.59 Å². The van der Waals surface area contributed by atoms with Crippen LogP contribution in [-0.2, 0) is 14.3 Å². The smallest absolute Gasteiger partial charge is 0.240 e. The number of piperazine rings is 1. The van der Waals surface area contributed by atoms with E-state index in [9.17, 15) is 9.59 Å². The second-order valence-electron chi connectivity index (χ2n) is 4.46. The fourth-order valence-corrected chi connectivity index (χ4v) is 2.15. The third-order valence-electron chi connectivity index (χ3n) is 3.25. The molecule has 0 aromatic carbocycles. The van der Waals surface area contributed by atoms with Gasteiger partial charge in [-0.2, -0.15) is 0 Å². The highest BCUT2D eigenvalue weighted by atomic mass is 16.5. The summed E-state index contributed by atoms with van der Waals surface area (Å²) in [7, 11) is 1.77. The van der Waals surface area contributed by atoms with Crippen LogP contribution in [0.15, 0.2) is 0 Å². The Morgan fingerprint density at radius 1 is 1.41 bits per heavy atom. The molecule has 2 amide bonds. The molecule has 96 valence electrons. The lowest BCUT2D eigenvalue weighted by Crippen LogP contribution is -2.55. The molecule has 0 bridgehead atoms. The molecule has 0 aromatic rings. The molecule has 17 heavy (non-hydrogen) atoms. The molecule has 6 heteroatoms. The summed E-state index contributed by atoms with van der Waals surface area (Å²) in [6, 6.07) is -0.357. The molecule has 2 aliphatic heterocycles. The van der Waals surface area contributed by atoms with Gasteiger partial charge in [0, 0.05) is 33.2 Å². The minimum absolute atomic E-state index is 0.0119. The molecule has 6 nitrogen and oxygen atoms in total. The SMILES string of the molecule is CN1CCNC(CC(=O)N2CCOCC2)C1=O. The molecule has 1 unspecified atom stereocenters. The summed E-state index contributed by atoms with van der Waals surface area (Å²) in [6.45, 7) is 3.92. The van der Waals surface area contributed by atoms with Crippen molar-refractivity contribution >= 4 is 11.8 Å². The van der Waals surface area contributed by atoms with Crippen LogP contribution in [0.25, 0.3) is 0 Å². The number of hydrogen-bond acceptors (Lipinski definition) is 4. The van der Waals surface area contributed by atoms with E-state index < -0.39 is 0 Å². The molecule has 0 aliphatic carbocycles. The Hall–Kier alpha value is -1.14. The van der Waals surface area contributed by atoms with Gasteiger partial charge in [-0.1, -0.05) is 0 Å². The first-order valence-corrected chi connectivity index (χ1v) is 6.02. The molecular formula is C11H19N3O3. The molecule has 0 spiro atoms. The zero-order chi connectivity index (χ0) is 12.3. The number of rotatable bonds is 2. The summed E-state index contributed by atoms with van der Waals surface area (Å²) in [6.07, 6.45) is 0.253. The molecule has 1 atom stereocenters. The third kappa shape index (κ3) is 2.95. The Bertz CT molecular complexity index is 302. The van der Waals surface area contributed by atoms with Crippen molar-refractivity contribution in [2.24, 2.45) is 0 Å². The maximum Gasteiger partial charge on any atom is 0.240 e. The van der Waals surface area contributed by atoms with Crippen molar-refractivity contribution in [3.05, 3.63) is 0 Å². The summed E-state index contributed by atoms with van der Waals surface area (Å²) in [5, 5.41) is 3.10. The Labute approximate surface area is 101 Å². The minimum Gasteiger partial charge on any atom is -0.378 e. The molecular weight excluding hydrogens is 222 g/mol. The molecule has 0 aromatic heterocycles. The summed E-state index contributed by atoms with van der Waals surface area (Å²) < 4.78 is 5.19. The van der Waals surface area contributed by atoms with E-state index in [1.54, 1.807) is 16.8 Å². The van der Waals surface area contributed by atoms with Crippen LogP contribution in [-0.4, -0.2) is 74.1 Å². The van der Waals surface area contributed by atoms with Crippen LogP contribution in [0.3, 0.4) is 0 Å². The number of hydrogen-bond donors (Lipinski definition) is 1. The van der Waals surface area contributed by atoms with E-state index in [2.05, 4.69) is 5.32 Å².